The number of nitrogens with zero attached hydrogens (tertiary/aromatic N) is 3. The zero-order chi connectivity index (χ0) is 26.1. The predicted octanol–water partition coefficient (Wildman–Crippen LogP) is 6.67. The second kappa shape index (κ2) is 8.25. The molecular formula is C32H28BN3O2. The van der Waals surface area contributed by atoms with Gasteiger partial charge in [-0.2, -0.15) is 0 Å². The third-order valence-electron chi connectivity index (χ3n) is 8.07. The van der Waals surface area contributed by atoms with Crippen LogP contribution in [0.3, 0.4) is 0 Å². The normalized spacial score (nSPS) is 16.6. The van der Waals surface area contributed by atoms with Crippen molar-refractivity contribution in [2.24, 2.45) is 0 Å². The molecule has 38 heavy (non-hydrogen) atoms. The maximum absolute atomic E-state index is 6.23. The molecule has 0 bridgehead atoms. The van der Waals surface area contributed by atoms with Gasteiger partial charge < -0.3 is 13.7 Å². The average Bonchev–Trinajstić information content (AvgIpc) is 3.46. The van der Waals surface area contributed by atoms with Crippen molar-refractivity contribution < 1.29 is 9.31 Å². The number of fused-ring (bicyclic) bond motifs is 5. The third kappa shape index (κ3) is 3.56. The van der Waals surface area contributed by atoms with E-state index >= 15 is 0 Å². The second-order valence-electron chi connectivity index (χ2n) is 11.0. The van der Waals surface area contributed by atoms with E-state index in [0.29, 0.717) is 0 Å². The molecule has 0 atom stereocenters. The standard InChI is InChI=1S/C32H28BN3O2/c1-31(2)32(3,4)38-33(37-31)23-16-14-21(15-17-23)27-20-36-19-18-25-28(30(36)35-27)24-12-8-9-13-26(24)34-29(25)22-10-6-5-7-11-22/h5-20H,1-4H3. The quantitative estimate of drug-likeness (QED) is 0.203. The Bertz CT molecular complexity index is 1810. The summed E-state index contributed by atoms with van der Waals surface area (Å²) in [4.78, 5) is 10.2. The molecule has 1 aliphatic rings. The molecule has 1 saturated heterocycles. The molecule has 3 aromatic heterocycles. The van der Waals surface area contributed by atoms with E-state index in [-0.39, 0.29) is 18.3 Å². The van der Waals surface area contributed by atoms with Crippen LogP contribution >= 0.6 is 0 Å². The van der Waals surface area contributed by atoms with E-state index < -0.39 is 0 Å². The Hall–Kier alpha value is -4.00. The summed E-state index contributed by atoms with van der Waals surface area (Å²) in [5.74, 6) is 0. The second-order valence-corrected chi connectivity index (χ2v) is 11.0. The van der Waals surface area contributed by atoms with Gasteiger partial charge in [-0.15, -0.1) is 0 Å². The van der Waals surface area contributed by atoms with Gasteiger partial charge in [0.1, 0.15) is 5.65 Å². The number of rotatable bonds is 3. The van der Waals surface area contributed by atoms with Crippen molar-refractivity contribution >= 4 is 39.9 Å². The molecule has 5 nitrogen and oxygen atoms in total. The van der Waals surface area contributed by atoms with Gasteiger partial charge in [0, 0.05) is 39.7 Å². The summed E-state index contributed by atoms with van der Waals surface area (Å²) >= 11 is 0. The minimum atomic E-state index is -0.380. The molecule has 1 aliphatic heterocycles. The number of pyridine rings is 2. The lowest BCUT2D eigenvalue weighted by Crippen LogP contribution is -2.41. The Morgan fingerprint density at radius 2 is 1.37 bits per heavy atom. The molecule has 0 unspecified atom stereocenters. The van der Waals surface area contributed by atoms with Crippen LogP contribution in [0.15, 0.2) is 97.3 Å². The van der Waals surface area contributed by atoms with Crippen LogP contribution in [0.2, 0.25) is 0 Å². The molecule has 186 valence electrons. The van der Waals surface area contributed by atoms with Gasteiger partial charge in [0.15, 0.2) is 0 Å². The first kappa shape index (κ1) is 23.1. The SMILES string of the molecule is CC1(C)OB(c2ccc(-c3cn4ccc5c(-c6ccccc6)nc6ccccc6c5c4n3)cc2)OC1(C)C. The zero-order valence-electron chi connectivity index (χ0n) is 22.0. The molecule has 3 aromatic carbocycles. The Morgan fingerprint density at radius 3 is 2.11 bits per heavy atom. The van der Waals surface area contributed by atoms with Crippen molar-refractivity contribution in [1.29, 1.82) is 0 Å². The number of para-hydroxylation sites is 1. The van der Waals surface area contributed by atoms with Crippen molar-refractivity contribution in [3.63, 3.8) is 0 Å². The number of benzene rings is 3. The Balaban J connectivity index is 1.35. The fourth-order valence-electron chi connectivity index (χ4n) is 5.22. The molecule has 0 aliphatic carbocycles. The van der Waals surface area contributed by atoms with Crippen molar-refractivity contribution in [3.8, 4) is 22.5 Å². The fraction of sp³-hybridized carbons (Fsp3) is 0.188. The van der Waals surface area contributed by atoms with Crippen molar-refractivity contribution in [1.82, 2.24) is 14.4 Å². The van der Waals surface area contributed by atoms with E-state index in [1.165, 1.54) is 0 Å². The molecule has 0 radical (unpaired) electrons. The first-order valence-corrected chi connectivity index (χ1v) is 13.0. The largest absolute Gasteiger partial charge is 0.494 e. The van der Waals surface area contributed by atoms with Gasteiger partial charge >= 0.3 is 7.12 Å². The molecule has 0 saturated carbocycles. The lowest BCUT2D eigenvalue weighted by Gasteiger charge is -2.32. The molecule has 6 aromatic rings. The van der Waals surface area contributed by atoms with E-state index in [1.807, 2.05) is 12.1 Å². The summed E-state index contributed by atoms with van der Waals surface area (Å²) in [6.45, 7) is 8.30. The van der Waals surface area contributed by atoms with Gasteiger partial charge in [0.05, 0.1) is 28.1 Å². The van der Waals surface area contributed by atoms with Crippen LogP contribution in [0.25, 0.3) is 49.8 Å². The number of hydrogen-bond donors (Lipinski definition) is 0. The van der Waals surface area contributed by atoms with E-state index in [0.717, 1.165) is 55.3 Å². The Kier molecular flexibility index (Phi) is 5.03. The topological polar surface area (TPSA) is 48.7 Å². The molecule has 6 heteroatoms. The van der Waals surface area contributed by atoms with Gasteiger partial charge in [-0.25, -0.2) is 9.97 Å². The first-order chi connectivity index (χ1) is 18.3. The van der Waals surface area contributed by atoms with Crippen LogP contribution in [-0.4, -0.2) is 32.7 Å². The minimum absolute atomic E-state index is 0.366. The first-order valence-electron chi connectivity index (χ1n) is 13.0. The third-order valence-corrected chi connectivity index (χ3v) is 8.07. The van der Waals surface area contributed by atoms with Crippen molar-refractivity contribution in [2.75, 3.05) is 0 Å². The van der Waals surface area contributed by atoms with E-state index in [1.54, 1.807) is 0 Å². The van der Waals surface area contributed by atoms with Crippen LogP contribution in [0.1, 0.15) is 27.7 Å². The predicted molar refractivity (Wildman–Crippen MR) is 155 cm³/mol. The van der Waals surface area contributed by atoms with Gasteiger partial charge in [-0.3, -0.25) is 0 Å². The van der Waals surface area contributed by atoms with E-state index in [2.05, 4.69) is 117 Å². The minimum Gasteiger partial charge on any atom is -0.399 e. The number of imidazole rings is 1. The summed E-state index contributed by atoms with van der Waals surface area (Å²) in [5.41, 5.74) is 6.18. The highest BCUT2D eigenvalue weighted by Gasteiger charge is 2.51. The molecule has 1 fully saturated rings. The number of aromatic nitrogens is 3. The van der Waals surface area contributed by atoms with Crippen LogP contribution in [-0.2, 0) is 9.31 Å². The van der Waals surface area contributed by atoms with Gasteiger partial charge in [0.25, 0.3) is 0 Å². The maximum atomic E-state index is 6.23. The molecule has 0 N–H and O–H groups in total. The summed E-state index contributed by atoms with van der Waals surface area (Å²) in [6, 6.07) is 29.2. The zero-order valence-corrected chi connectivity index (χ0v) is 22.0. The maximum Gasteiger partial charge on any atom is 0.494 e. The van der Waals surface area contributed by atoms with E-state index in [4.69, 9.17) is 19.3 Å². The highest BCUT2D eigenvalue weighted by Crippen LogP contribution is 2.37. The van der Waals surface area contributed by atoms with Crippen LogP contribution in [0, 0.1) is 0 Å². The summed E-state index contributed by atoms with van der Waals surface area (Å²) in [7, 11) is -0.380. The summed E-state index contributed by atoms with van der Waals surface area (Å²) < 4.78 is 14.6. The lowest BCUT2D eigenvalue weighted by atomic mass is 9.79. The molecule has 4 heterocycles. The fourth-order valence-corrected chi connectivity index (χ4v) is 5.22. The van der Waals surface area contributed by atoms with Crippen LogP contribution < -0.4 is 5.46 Å². The summed E-state index contributed by atoms with van der Waals surface area (Å²) in [5, 5.41) is 3.30. The van der Waals surface area contributed by atoms with Crippen molar-refractivity contribution in [2.45, 2.75) is 38.9 Å². The molecule has 0 amide bonds. The highest BCUT2D eigenvalue weighted by atomic mass is 16.7. The Morgan fingerprint density at radius 1 is 0.684 bits per heavy atom. The van der Waals surface area contributed by atoms with Crippen LogP contribution in [0.5, 0.6) is 0 Å². The number of hydrogen-bond acceptors (Lipinski definition) is 4. The lowest BCUT2D eigenvalue weighted by molar-refractivity contribution is 0.00578. The van der Waals surface area contributed by atoms with Crippen LogP contribution in [0.4, 0.5) is 0 Å². The Labute approximate surface area is 222 Å². The monoisotopic (exact) mass is 497 g/mol. The smallest absolute Gasteiger partial charge is 0.399 e. The van der Waals surface area contributed by atoms with Crippen molar-refractivity contribution in [3.05, 3.63) is 97.3 Å². The molecular weight excluding hydrogens is 469 g/mol. The molecule has 0 spiro atoms. The van der Waals surface area contributed by atoms with E-state index in [9.17, 15) is 0 Å². The van der Waals surface area contributed by atoms with Gasteiger partial charge in [-0.1, -0.05) is 72.8 Å². The highest BCUT2D eigenvalue weighted by molar-refractivity contribution is 6.62. The molecule has 7 rings (SSSR count). The summed E-state index contributed by atoms with van der Waals surface area (Å²) in [6.07, 6.45) is 4.17. The van der Waals surface area contributed by atoms with Gasteiger partial charge in [0.2, 0.25) is 0 Å². The van der Waals surface area contributed by atoms with Gasteiger partial charge in [-0.05, 0) is 45.3 Å². The average molecular weight is 497 g/mol.